The Morgan fingerprint density at radius 3 is 2.59 bits per heavy atom. The standard InChI is InChI=1S/C17H19N5/c1-14-16(3-2-6-19-14)13-21-7-9-22(10-8-21)17-5-4-15(11-18)12-20-17/h2-6,12H,7-10,13H2,1H3. The van der Waals surface area contributed by atoms with E-state index in [4.69, 9.17) is 5.26 Å². The van der Waals surface area contributed by atoms with E-state index in [9.17, 15) is 0 Å². The van der Waals surface area contributed by atoms with Gasteiger partial charge in [0.05, 0.1) is 5.56 Å². The molecule has 3 rings (SSSR count). The van der Waals surface area contributed by atoms with Crippen LogP contribution >= 0.6 is 0 Å². The van der Waals surface area contributed by atoms with Gasteiger partial charge in [0, 0.05) is 50.8 Å². The molecule has 0 N–H and O–H groups in total. The molecule has 1 saturated heterocycles. The summed E-state index contributed by atoms with van der Waals surface area (Å²) >= 11 is 0. The van der Waals surface area contributed by atoms with Crippen molar-refractivity contribution in [3.8, 4) is 6.07 Å². The molecule has 0 bridgehead atoms. The second-order valence-electron chi connectivity index (χ2n) is 5.53. The summed E-state index contributed by atoms with van der Waals surface area (Å²) in [5.74, 6) is 0.955. The first-order valence-electron chi connectivity index (χ1n) is 7.50. The Hall–Kier alpha value is -2.45. The molecule has 112 valence electrons. The van der Waals surface area contributed by atoms with E-state index in [-0.39, 0.29) is 0 Å². The van der Waals surface area contributed by atoms with Crippen LogP contribution in [0.2, 0.25) is 0 Å². The Balaban J connectivity index is 1.58. The second kappa shape index (κ2) is 6.54. The lowest BCUT2D eigenvalue weighted by atomic mass is 10.2. The molecule has 0 spiro atoms. The van der Waals surface area contributed by atoms with Gasteiger partial charge in [-0.2, -0.15) is 5.26 Å². The number of anilines is 1. The van der Waals surface area contributed by atoms with Gasteiger partial charge < -0.3 is 4.90 Å². The van der Waals surface area contributed by atoms with Gasteiger partial charge in [-0.3, -0.25) is 9.88 Å². The van der Waals surface area contributed by atoms with E-state index in [1.807, 2.05) is 24.4 Å². The van der Waals surface area contributed by atoms with Gasteiger partial charge in [-0.1, -0.05) is 6.07 Å². The van der Waals surface area contributed by atoms with Crippen LogP contribution < -0.4 is 4.90 Å². The van der Waals surface area contributed by atoms with Crippen molar-refractivity contribution in [3.63, 3.8) is 0 Å². The predicted molar refractivity (Wildman–Crippen MR) is 85.4 cm³/mol. The van der Waals surface area contributed by atoms with Crippen molar-refractivity contribution in [2.75, 3.05) is 31.1 Å². The van der Waals surface area contributed by atoms with Crippen LogP contribution in [0.15, 0.2) is 36.7 Å². The quantitative estimate of drug-likeness (QED) is 0.866. The lowest BCUT2D eigenvalue weighted by molar-refractivity contribution is 0.248. The molecule has 0 aliphatic carbocycles. The van der Waals surface area contributed by atoms with Crippen molar-refractivity contribution in [1.29, 1.82) is 5.26 Å². The lowest BCUT2D eigenvalue weighted by Gasteiger charge is -2.35. The van der Waals surface area contributed by atoms with Gasteiger partial charge in [0.25, 0.3) is 0 Å². The van der Waals surface area contributed by atoms with E-state index in [0.29, 0.717) is 5.56 Å². The summed E-state index contributed by atoms with van der Waals surface area (Å²) in [6.07, 6.45) is 3.48. The summed E-state index contributed by atoms with van der Waals surface area (Å²) in [5, 5.41) is 8.82. The summed E-state index contributed by atoms with van der Waals surface area (Å²) in [6.45, 7) is 6.95. The molecule has 5 heteroatoms. The molecule has 3 heterocycles. The highest BCUT2D eigenvalue weighted by Crippen LogP contribution is 2.16. The van der Waals surface area contributed by atoms with E-state index < -0.39 is 0 Å². The molecule has 0 radical (unpaired) electrons. The highest BCUT2D eigenvalue weighted by atomic mass is 15.3. The summed E-state index contributed by atoms with van der Waals surface area (Å²) < 4.78 is 0. The number of aromatic nitrogens is 2. The zero-order valence-electron chi connectivity index (χ0n) is 12.7. The molecule has 22 heavy (non-hydrogen) atoms. The minimum atomic E-state index is 0.606. The third kappa shape index (κ3) is 3.23. The van der Waals surface area contributed by atoms with Crippen molar-refractivity contribution in [2.45, 2.75) is 13.5 Å². The Morgan fingerprint density at radius 2 is 1.95 bits per heavy atom. The van der Waals surface area contributed by atoms with Crippen LogP contribution in [-0.4, -0.2) is 41.0 Å². The first-order chi connectivity index (χ1) is 10.8. The maximum absolute atomic E-state index is 8.82. The van der Waals surface area contributed by atoms with Crippen LogP contribution in [0.4, 0.5) is 5.82 Å². The molecule has 1 aliphatic rings. The van der Waals surface area contributed by atoms with Crippen molar-refractivity contribution in [2.24, 2.45) is 0 Å². The summed E-state index contributed by atoms with van der Waals surface area (Å²) in [7, 11) is 0. The molecular weight excluding hydrogens is 274 g/mol. The average molecular weight is 293 g/mol. The van der Waals surface area contributed by atoms with Crippen molar-refractivity contribution < 1.29 is 0 Å². The van der Waals surface area contributed by atoms with Gasteiger partial charge in [0.1, 0.15) is 11.9 Å². The predicted octanol–water partition coefficient (Wildman–Crippen LogP) is 1.98. The molecule has 0 aromatic carbocycles. The van der Waals surface area contributed by atoms with Crippen LogP contribution in [-0.2, 0) is 6.54 Å². The first kappa shape index (κ1) is 14.5. The second-order valence-corrected chi connectivity index (χ2v) is 5.53. The third-order valence-corrected chi connectivity index (χ3v) is 4.08. The summed E-state index contributed by atoms with van der Waals surface area (Å²) in [6, 6.07) is 10.0. The molecule has 0 saturated carbocycles. The van der Waals surface area contributed by atoms with Crippen LogP contribution in [0.25, 0.3) is 0 Å². The lowest BCUT2D eigenvalue weighted by Crippen LogP contribution is -2.46. The van der Waals surface area contributed by atoms with Crippen LogP contribution in [0.1, 0.15) is 16.8 Å². The average Bonchev–Trinajstić information content (AvgIpc) is 2.58. The Kier molecular flexibility index (Phi) is 4.31. The Labute approximate surface area is 130 Å². The fourth-order valence-electron chi connectivity index (χ4n) is 2.70. The fraction of sp³-hybridized carbons (Fsp3) is 0.353. The fourth-order valence-corrected chi connectivity index (χ4v) is 2.70. The minimum Gasteiger partial charge on any atom is -0.354 e. The van der Waals surface area contributed by atoms with Crippen LogP contribution in [0.5, 0.6) is 0 Å². The smallest absolute Gasteiger partial charge is 0.128 e. The number of hydrogen-bond acceptors (Lipinski definition) is 5. The van der Waals surface area contributed by atoms with Gasteiger partial charge in [-0.25, -0.2) is 4.98 Å². The Morgan fingerprint density at radius 1 is 1.14 bits per heavy atom. The molecule has 0 unspecified atom stereocenters. The number of nitriles is 1. The monoisotopic (exact) mass is 293 g/mol. The largest absolute Gasteiger partial charge is 0.354 e. The van der Waals surface area contributed by atoms with E-state index in [1.54, 1.807) is 6.20 Å². The van der Waals surface area contributed by atoms with Crippen molar-refractivity contribution in [3.05, 3.63) is 53.5 Å². The van der Waals surface area contributed by atoms with Gasteiger partial charge in [0.15, 0.2) is 0 Å². The van der Waals surface area contributed by atoms with E-state index >= 15 is 0 Å². The highest BCUT2D eigenvalue weighted by molar-refractivity contribution is 5.42. The molecule has 1 aliphatic heterocycles. The summed E-state index contributed by atoms with van der Waals surface area (Å²) in [5.41, 5.74) is 3.01. The van der Waals surface area contributed by atoms with Gasteiger partial charge >= 0.3 is 0 Å². The molecule has 0 amide bonds. The maximum Gasteiger partial charge on any atom is 0.128 e. The van der Waals surface area contributed by atoms with Gasteiger partial charge in [-0.15, -0.1) is 0 Å². The number of aryl methyl sites for hydroxylation is 1. The SMILES string of the molecule is Cc1ncccc1CN1CCN(c2ccc(C#N)cn2)CC1. The molecule has 1 fully saturated rings. The number of piperazine rings is 1. The first-order valence-corrected chi connectivity index (χ1v) is 7.50. The molecular formula is C17H19N5. The number of rotatable bonds is 3. The maximum atomic E-state index is 8.82. The van der Waals surface area contributed by atoms with E-state index in [0.717, 1.165) is 44.2 Å². The van der Waals surface area contributed by atoms with Crippen LogP contribution in [0.3, 0.4) is 0 Å². The van der Waals surface area contributed by atoms with Gasteiger partial charge in [-0.05, 0) is 30.7 Å². The molecule has 2 aromatic rings. The number of pyridine rings is 2. The molecule has 5 nitrogen and oxygen atoms in total. The number of hydrogen-bond donors (Lipinski definition) is 0. The minimum absolute atomic E-state index is 0.606. The van der Waals surface area contributed by atoms with E-state index in [2.05, 4.69) is 38.8 Å². The Bertz CT molecular complexity index is 666. The molecule has 2 aromatic heterocycles. The topological polar surface area (TPSA) is 56.1 Å². The van der Waals surface area contributed by atoms with Crippen LogP contribution in [0, 0.1) is 18.3 Å². The number of nitrogens with zero attached hydrogens (tertiary/aromatic N) is 5. The normalized spacial score (nSPS) is 15.5. The molecule has 0 atom stereocenters. The van der Waals surface area contributed by atoms with Gasteiger partial charge in [0.2, 0.25) is 0 Å². The van der Waals surface area contributed by atoms with Crippen molar-refractivity contribution in [1.82, 2.24) is 14.9 Å². The highest BCUT2D eigenvalue weighted by Gasteiger charge is 2.18. The van der Waals surface area contributed by atoms with Crippen molar-refractivity contribution >= 4 is 5.82 Å². The van der Waals surface area contributed by atoms with E-state index in [1.165, 1.54) is 5.56 Å². The zero-order chi connectivity index (χ0) is 15.4. The zero-order valence-corrected chi connectivity index (χ0v) is 12.7. The summed E-state index contributed by atoms with van der Waals surface area (Å²) in [4.78, 5) is 13.4. The third-order valence-electron chi connectivity index (χ3n) is 4.08.